The number of carbonyl (C=O) groups excluding carboxylic acids is 1. The van der Waals surface area contributed by atoms with Crippen LogP contribution in [0.1, 0.15) is 15.9 Å². The highest BCUT2D eigenvalue weighted by atomic mass is 79.9. The zero-order chi connectivity index (χ0) is 13.0. The molecule has 2 aromatic carbocycles. The van der Waals surface area contributed by atoms with Crippen LogP contribution < -0.4 is 4.90 Å². The van der Waals surface area contributed by atoms with Crippen LogP contribution in [-0.4, -0.2) is 13.0 Å². The lowest BCUT2D eigenvalue weighted by Crippen LogP contribution is -2.26. The van der Waals surface area contributed by atoms with Crippen LogP contribution in [0.2, 0.25) is 0 Å². The van der Waals surface area contributed by atoms with Gasteiger partial charge < -0.3 is 4.90 Å². The number of alkyl halides is 1. The summed E-state index contributed by atoms with van der Waals surface area (Å²) in [6.45, 7) is 0. The van der Waals surface area contributed by atoms with E-state index in [1.165, 1.54) is 0 Å². The first kappa shape index (κ1) is 12.8. The molecule has 0 aliphatic carbocycles. The summed E-state index contributed by atoms with van der Waals surface area (Å²) in [4.78, 5) is 13.9. The van der Waals surface area contributed by atoms with Crippen LogP contribution in [0.3, 0.4) is 0 Å². The molecule has 0 N–H and O–H groups in total. The van der Waals surface area contributed by atoms with Gasteiger partial charge in [-0.15, -0.1) is 0 Å². The third-order valence-corrected chi connectivity index (χ3v) is 3.45. The third kappa shape index (κ3) is 2.79. The molecule has 2 rings (SSSR count). The van der Waals surface area contributed by atoms with Crippen molar-refractivity contribution in [3.05, 3.63) is 65.7 Å². The van der Waals surface area contributed by atoms with E-state index in [9.17, 15) is 4.79 Å². The SMILES string of the molecule is CN(C(=O)c1ccc(CBr)cc1)c1ccccc1. The van der Waals surface area contributed by atoms with Crippen molar-refractivity contribution in [3.63, 3.8) is 0 Å². The maximum absolute atomic E-state index is 12.3. The summed E-state index contributed by atoms with van der Waals surface area (Å²) in [5.41, 5.74) is 2.76. The van der Waals surface area contributed by atoms with Gasteiger partial charge in [0.05, 0.1) is 0 Å². The average molecular weight is 304 g/mol. The molecule has 2 aromatic rings. The van der Waals surface area contributed by atoms with Crippen molar-refractivity contribution in [3.8, 4) is 0 Å². The summed E-state index contributed by atoms with van der Waals surface area (Å²) in [6.07, 6.45) is 0. The number of nitrogens with zero attached hydrogens (tertiary/aromatic N) is 1. The lowest BCUT2D eigenvalue weighted by atomic mass is 10.1. The Bertz CT molecular complexity index is 522. The van der Waals surface area contributed by atoms with Gasteiger partial charge in [0.2, 0.25) is 0 Å². The minimum absolute atomic E-state index is 0.00215. The van der Waals surface area contributed by atoms with E-state index in [1.54, 1.807) is 11.9 Å². The number of hydrogen-bond donors (Lipinski definition) is 0. The second-order valence-electron chi connectivity index (χ2n) is 4.03. The van der Waals surface area contributed by atoms with Crippen LogP contribution in [-0.2, 0) is 5.33 Å². The van der Waals surface area contributed by atoms with Crippen molar-refractivity contribution in [1.29, 1.82) is 0 Å². The Morgan fingerprint density at radius 2 is 1.67 bits per heavy atom. The average Bonchev–Trinajstić information content (AvgIpc) is 2.47. The van der Waals surface area contributed by atoms with E-state index in [2.05, 4.69) is 15.9 Å². The molecule has 0 aliphatic rings. The van der Waals surface area contributed by atoms with E-state index in [1.807, 2.05) is 54.6 Å². The lowest BCUT2D eigenvalue weighted by molar-refractivity contribution is 0.0993. The fourth-order valence-electron chi connectivity index (χ4n) is 1.70. The number of halogens is 1. The summed E-state index contributed by atoms with van der Waals surface area (Å²) < 4.78 is 0. The molecule has 3 heteroatoms. The van der Waals surface area contributed by atoms with Gasteiger partial charge in [-0.1, -0.05) is 46.3 Å². The molecule has 2 nitrogen and oxygen atoms in total. The van der Waals surface area contributed by atoms with Crippen molar-refractivity contribution < 1.29 is 4.79 Å². The lowest BCUT2D eigenvalue weighted by Gasteiger charge is -2.17. The Kier molecular flexibility index (Phi) is 4.15. The predicted molar refractivity (Wildman–Crippen MR) is 78.2 cm³/mol. The standard InChI is InChI=1S/C15H14BrNO/c1-17(14-5-3-2-4-6-14)15(18)13-9-7-12(11-16)8-10-13/h2-10H,11H2,1H3. The Balaban J connectivity index is 2.20. The van der Waals surface area contributed by atoms with Crippen molar-refractivity contribution in [2.75, 3.05) is 11.9 Å². The van der Waals surface area contributed by atoms with Gasteiger partial charge in [-0.3, -0.25) is 4.79 Å². The number of amides is 1. The highest BCUT2D eigenvalue weighted by Crippen LogP contribution is 2.15. The molecular formula is C15H14BrNO. The quantitative estimate of drug-likeness (QED) is 0.789. The minimum Gasteiger partial charge on any atom is -0.311 e. The monoisotopic (exact) mass is 303 g/mol. The maximum Gasteiger partial charge on any atom is 0.258 e. The van der Waals surface area contributed by atoms with Gasteiger partial charge in [0.1, 0.15) is 0 Å². The van der Waals surface area contributed by atoms with Gasteiger partial charge >= 0.3 is 0 Å². The molecule has 0 saturated heterocycles. The van der Waals surface area contributed by atoms with E-state index < -0.39 is 0 Å². The molecule has 18 heavy (non-hydrogen) atoms. The molecule has 0 atom stereocenters. The summed E-state index contributed by atoms with van der Waals surface area (Å²) >= 11 is 3.39. The van der Waals surface area contributed by atoms with Crippen molar-refractivity contribution in [2.45, 2.75) is 5.33 Å². The highest BCUT2D eigenvalue weighted by Gasteiger charge is 2.12. The second-order valence-corrected chi connectivity index (χ2v) is 4.59. The van der Waals surface area contributed by atoms with Gasteiger partial charge in [0.25, 0.3) is 5.91 Å². The molecule has 0 bridgehead atoms. The van der Waals surface area contributed by atoms with Crippen LogP contribution >= 0.6 is 15.9 Å². The van der Waals surface area contributed by atoms with E-state index >= 15 is 0 Å². The Hall–Kier alpha value is -1.61. The molecule has 0 saturated carbocycles. The van der Waals surface area contributed by atoms with E-state index in [0.717, 1.165) is 16.6 Å². The fraction of sp³-hybridized carbons (Fsp3) is 0.133. The molecule has 0 radical (unpaired) electrons. The Labute approximate surface area is 115 Å². The van der Waals surface area contributed by atoms with Crippen LogP contribution in [0.15, 0.2) is 54.6 Å². The third-order valence-electron chi connectivity index (χ3n) is 2.80. The summed E-state index contributed by atoms with van der Waals surface area (Å²) in [7, 11) is 1.79. The number of hydrogen-bond acceptors (Lipinski definition) is 1. The zero-order valence-electron chi connectivity index (χ0n) is 10.1. The van der Waals surface area contributed by atoms with Gasteiger partial charge in [0, 0.05) is 23.6 Å². The molecule has 0 unspecified atom stereocenters. The number of rotatable bonds is 3. The second kappa shape index (κ2) is 5.83. The molecule has 0 spiro atoms. The van der Waals surface area contributed by atoms with Crippen LogP contribution in [0.5, 0.6) is 0 Å². The highest BCUT2D eigenvalue weighted by molar-refractivity contribution is 9.08. The maximum atomic E-state index is 12.3. The minimum atomic E-state index is 0.00215. The predicted octanol–water partition coefficient (Wildman–Crippen LogP) is 3.86. The molecule has 0 aliphatic heterocycles. The van der Waals surface area contributed by atoms with Gasteiger partial charge in [-0.05, 0) is 29.8 Å². The first-order valence-electron chi connectivity index (χ1n) is 5.70. The molecular weight excluding hydrogens is 290 g/mol. The molecule has 0 fully saturated rings. The topological polar surface area (TPSA) is 20.3 Å². The smallest absolute Gasteiger partial charge is 0.258 e. The van der Waals surface area contributed by atoms with E-state index in [4.69, 9.17) is 0 Å². The van der Waals surface area contributed by atoms with Crippen molar-refractivity contribution in [1.82, 2.24) is 0 Å². The summed E-state index contributed by atoms with van der Waals surface area (Å²) in [5, 5.41) is 0.802. The number of para-hydroxylation sites is 1. The Morgan fingerprint density at radius 1 is 1.06 bits per heavy atom. The molecule has 0 heterocycles. The number of carbonyl (C=O) groups is 1. The zero-order valence-corrected chi connectivity index (χ0v) is 11.7. The van der Waals surface area contributed by atoms with Gasteiger partial charge in [-0.25, -0.2) is 0 Å². The van der Waals surface area contributed by atoms with E-state index in [0.29, 0.717) is 5.56 Å². The summed E-state index contributed by atoms with van der Waals surface area (Å²) in [5.74, 6) is 0.00215. The number of benzene rings is 2. The molecule has 1 amide bonds. The van der Waals surface area contributed by atoms with Crippen LogP contribution in [0.4, 0.5) is 5.69 Å². The largest absolute Gasteiger partial charge is 0.311 e. The van der Waals surface area contributed by atoms with Crippen molar-refractivity contribution in [2.24, 2.45) is 0 Å². The first-order valence-corrected chi connectivity index (χ1v) is 6.82. The van der Waals surface area contributed by atoms with E-state index in [-0.39, 0.29) is 5.91 Å². The van der Waals surface area contributed by atoms with Crippen LogP contribution in [0, 0.1) is 0 Å². The Morgan fingerprint density at radius 3 is 2.22 bits per heavy atom. The van der Waals surface area contributed by atoms with Crippen LogP contribution in [0.25, 0.3) is 0 Å². The summed E-state index contributed by atoms with van der Waals surface area (Å²) in [6, 6.07) is 17.3. The normalized spacial score (nSPS) is 10.1. The molecule has 92 valence electrons. The first-order chi connectivity index (χ1) is 8.72. The van der Waals surface area contributed by atoms with Gasteiger partial charge in [-0.2, -0.15) is 0 Å². The van der Waals surface area contributed by atoms with Gasteiger partial charge in [0.15, 0.2) is 0 Å². The fourth-order valence-corrected chi connectivity index (χ4v) is 2.07. The molecule has 0 aromatic heterocycles. The number of anilines is 1. The van der Waals surface area contributed by atoms with Crippen molar-refractivity contribution >= 4 is 27.5 Å².